The molecule has 1 heterocycles. The van der Waals surface area contributed by atoms with Crippen LogP contribution in [0.3, 0.4) is 0 Å². The summed E-state index contributed by atoms with van der Waals surface area (Å²) < 4.78 is 4.98. The fraction of sp³-hybridized carbons (Fsp3) is 0.429. The van der Waals surface area contributed by atoms with Crippen molar-refractivity contribution < 1.29 is 4.42 Å². The van der Waals surface area contributed by atoms with Crippen LogP contribution in [0, 0.1) is 11.3 Å². The summed E-state index contributed by atoms with van der Waals surface area (Å²) in [6, 6.07) is 1.90. The Kier molecular flexibility index (Phi) is 1.72. The summed E-state index contributed by atoms with van der Waals surface area (Å²) in [4.78, 5) is 3.90. The Hall–Kier alpha value is -1.30. The van der Waals surface area contributed by atoms with Gasteiger partial charge in [-0.2, -0.15) is 5.26 Å². The Balaban J connectivity index is 2.91. The van der Waals surface area contributed by atoms with E-state index in [2.05, 4.69) is 4.98 Å². The molecule has 52 valence electrons. The fourth-order valence-electron chi connectivity index (χ4n) is 0.604. The predicted octanol–water partition coefficient (Wildman–Crippen LogP) is 1.67. The summed E-state index contributed by atoms with van der Waals surface area (Å²) in [6.07, 6.45) is 1.37. The lowest BCUT2D eigenvalue weighted by molar-refractivity contribution is 0.471. The molecule has 0 spiro atoms. The molecule has 0 fully saturated rings. The maximum Gasteiger partial charge on any atom is 0.197 e. The Morgan fingerprint density at radius 3 is 2.70 bits per heavy atom. The second-order valence-electron chi connectivity index (χ2n) is 2.34. The van der Waals surface area contributed by atoms with E-state index in [1.807, 2.05) is 19.9 Å². The molecular weight excluding hydrogens is 128 g/mol. The van der Waals surface area contributed by atoms with Gasteiger partial charge in [0.1, 0.15) is 12.3 Å². The minimum absolute atomic E-state index is 0.252. The monoisotopic (exact) mass is 136 g/mol. The van der Waals surface area contributed by atoms with Gasteiger partial charge in [0.05, 0.1) is 0 Å². The molecule has 0 unspecified atom stereocenters. The second kappa shape index (κ2) is 2.53. The van der Waals surface area contributed by atoms with Gasteiger partial charge in [0, 0.05) is 5.92 Å². The van der Waals surface area contributed by atoms with Gasteiger partial charge in [-0.1, -0.05) is 13.8 Å². The fourth-order valence-corrected chi connectivity index (χ4v) is 0.604. The van der Waals surface area contributed by atoms with Crippen LogP contribution in [0.4, 0.5) is 0 Å². The number of oxazole rings is 1. The quantitative estimate of drug-likeness (QED) is 0.590. The van der Waals surface area contributed by atoms with Crippen LogP contribution in [0.2, 0.25) is 0 Å². The van der Waals surface area contributed by atoms with Crippen molar-refractivity contribution in [1.82, 2.24) is 4.98 Å². The Morgan fingerprint density at radius 2 is 2.40 bits per heavy atom. The zero-order valence-corrected chi connectivity index (χ0v) is 5.96. The van der Waals surface area contributed by atoms with Crippen molar-refractivity contribution in [1.29, 1.82) is 5.26 Å². The first-order valence-corrected chi connectivity index (χ1v) is 3.09. The molecule has 1 rings (SSSR count). The van der Waals surface area contributed by atoms with Gasteiger partial charge in [0.2, 0.25) is 0 Å². The summed E-state index contributed by atoms with van der Waals surface area (Å²) >= 11 is 0. The number of aromatic nitrogens is 1. The zero-order chi connectivity index (χ0) is 7.56. The molecule has 0 amide bonds. The van der Waals surface area contributed by atoms with Gasteiger partial charge in [-0.25, -0.2) is 4.98 Å². The minimum atomic E-state index is 0.252. The van der Waals surface area contributed by atoms with E-state index in [9.17, 15) is 0 Å². The largest absolute Gasteiger partial charge is 0.447 e. The van der Waals surface area contributed by atoms with Crippen LogP contribution in [0.5, 0.6) is 0 Å². The predicted molar refractivity (Wildman–Crippen MR) is 35.3 cm³/mol. The average molecular weight is 136 g/mol. The van der Waals surface area contributed by atoms with E-state index in [1.165, 1.54) is 6.26 Å². The third-order valence-electron chi connectivity index (χ3n) is 1.13. The molecule has 1 aromatic rings. The number of hydrogen-bond acceptors (Lipinski definition) is 3. The van der Waals surface area contributed by atoms with Crippen molar-refractivity contribution in [2.75, 3.05) is 0 Å². The smallest absolute Gasteiger partial charge is 0.197 e. The SMILES string of the molecule is CC(C)c1nc(C#N)co1. The Morgan fingerprint density at radius 1 is 1.70 bits per heavy atom. The molecule has 0 aliphatic heterocycles. The van der Waals surface area contributed by atoms with E-state index < -0.39 is 0 Å². The highest BCUT2D eigenvalue weighted by molar-refractivity contribution is 5.15. The third kappa shape index (κ3) is 1.16. The van der Waals surface area contributed by atoms with E-state index in [1.54, 1.807) is 0 Å². The van der Waals surface area contributed by atoms with Crippen LogP contribution in [0.15, 0.2) is 10.7 Å². The van der Waals surface area contributed by atoms with E-state index in [0.717, 1.165) is 0 Å². The van der Waals surface area contributed by atoms with Crippen molar-refractivity contribution in [3.8, 4) is 6.07 Å². The van der Waals surface area contributed by atoms with Crippen LogP contribution in [-0.4, -0.2) is 4.98 Å². The van der Waals surface area contributed by atoms with Crippen molar-refractivity contribution in [2.24, 2.45) is 0 Å². The standard InChI is InChI=1S/C7H8N2O/c1-5(2)7-9-6(3-8)4-10-7/h4-5H,1-2H3. The number of rotatable bonds is 1. The van der Waals surface area contributed by atoms with Crippen LogP contribution < -0.4 is 0 Å². The van der Waals surface area contributed by atoms with Crippen molar-refractivity contribution >= 4 is 0 Å². The summed E-state index contributed by atoms with van der Waals surface area (Å²) in [5, 5.41) is 8.36. The van der Waals surface area contributed by atoms with Gasteiger partial charge >= 0.3 is 0 Å². The molecule has 0 radical (unpaired) electrons. The molecular formula is C7H8N2O. The zero-order valence-electron chi connectivity index (χ0n) is 5.96. The molecule has 1 aromatic heterocycles. The molecule has 0 bridgehead atoms. The van der Waals surface area contributed by atoms with Gasteiger partial charge in [-0.3, -0.25) is 0 Å². The molecule has 0 aliphatic rings. The highest BCUT2D eigenvalue weighted by atomic mass is 16.3. The lowest BCUT2D eigenvalue weighted by Crippen LogP contribution is -1.85. The molecule has 0 saturated carbocycles. The van der Waals surface area contributed by atoms with E-state index in [0.29, 0.717) is 11.6 Å². The summed E-state index contributed by atoms with van der Waals surface area (Å²) in [7, 11) is 0. The van der Waals surface area contributed by atoms with Crippen molar-refractivity contribution in [2.45, 2.75) is 19.8 Å². The highest BCUT2D eigenvalue weighted by Gasteiger charge is 2.05. The lowest BCUT2D eigenvalue weighted by atomic mass is 10.2. The van der Waals surface area contributed by atoms with E-state index in [4.69, 9.17) is 9.68 Å². The topological polar surface area (TPSA) is 49.8 Å². The second-order valence-corrected chi connectivity index (χ2v) is 2.34. The van der Waals surface area contributed by atoms with Crippen LogP contribution >= 0.6 is 0 Å². The lowest BCUT2D eigenvalue weighted by Gasteiger charge is -1.92. The number of hydrogen-bond donors (Lipinski definition) is 0. The normalized spacial score (nSPS) is 9.80. The first-order valence-electron chi connectivity index (χ1n) is 3.09. The molecule has 3 heteroatoms. The van der Waals surface area contributed by atoms with Crippen molar-refractivity contribution in [3.63, 3.8) is 0 Å². The molecule has 0 N–H and O–H groups in total. The molecule has 3 nitrogen and oxygen atoms in total. The third-order valence-corrected chi connectivity index (χ3v) is 1.13. The molecule has 10 heavy (non-hydrogen) atoms. The summed E-state index contributed by atoms with van der Waals surface area (Å²) in [5.41, 5.74) is 0.351. The summed E-state index contributed by atoms with van der Waals surface area (Å²) in [5.74, 6) is 0.874. The number of nitrogens with zero attached hydrogens (tertiary/aromatic N) is 2. The van der Waals surface area contributed by atoms with E-state index >= 15 is 0 Å². The molecule has 0 atom stereocenters. The highest BCUT2D eigenvalue weighted by Crippen LogP contribution is 2.11. The average Bonchev–Trinajstić information content (AvgIpc) is 2.34. The van der Waals surface area contributed by atoms with Gasteiger partial charge < -0.3 is 4.42 Å². The summed E-state index contributed by atoms with van der Waals surface area (Å²) in [6.45, 7) is 3.93. The van der Waals surface area contributed by atoms with E-state index in [-0.39, 0.29) is 5.92 Å². The number of nitriles is 1. The molecule has 0 saturated heterocycles. The minimum Gasteiger partial charge on any atom is -0.447 e. The first-order chi connectivity index (χ1) is 4.74. The first kappa shape index (κ1) is 6.81. The van der Waals surface area contributed by atoms with Crippen LogP contribution in [0.25, 0.3) is 0 Å². The van der Waals surface area contributed by atoms with Crippen molar-refractivity contribution in [3.05, 3.63) is 17.8 Å². The van der Waals surface area contributed by atoms with Gasteiger partial charge in [0.15, 0.2) is 11.6 Å². The van der Waals surface area contributed by atoms with Gasteiger partial charge in [-0.05, 0) is 0 Å². The van der Waals surface area contributed by atoms with Gasteiger partial charge in [0.25, 0.3) is 0 Å². The van der Waals surface area contributed by atoms with Crippen LogP contribution in [0.1, 0.15) is 31.4 Å². The van der Waals surface area contributed by atoms with Crippen LogP contribution in [-0.2, 0) is 0 Å². The molecule has 0 aliphatic carbocycles. The van der Waals surface area contributed by atoms with Gasteiger partial charge in [-0.15, -0.1) is 0 Å². The maximum atomic E-state index is 8.36. The Bertz CT molecular complexity index is 257. The maximum absolute atomic E-state index is 8.36. The Labute approximate surface area is 59.3 Å². The molecule has 0 aromatic carbocycles.